The van der Waals surface area contributed by atoms with Crippen LogP contribution in [0.2, 0.25) is 0 Å². The maximum atomic E-state index is 12.0. The van der Waals surface area contributed by atoms with Crippen molar-refractivity contribution >= 4 is 42.5 Å². The van der Waals surface area contributed by atoms with Crippen molar-refractivity contribution in [3.63, 3.8) is 0 Å². The van der Waals surface area contributed by atoms with Crippen molar-refractivity contribution in [2.45, 2.75) is 50.7 Å². The van der Waals surface area contributed by atoms with E-state index < -0.39 is 35.8 Å². The lowest BCUT2D eigenvalue weighted by molar-refractivity contribution is -0.130. The van der Waals surface area contributed by atoms with Crippen LogP contribution >= 0.6 is 0 Å². The highest BCUT2D eigenvalue weighted by molar-refractivity contribution is 5.92. The Kier molecular flexibility index (Phi) is 13.2. The lowest BCUT2D eigenvalue weighted by Crippen LogP contribution is -2.54. The van der Waals surface area contributed by atoms with Crippen LogP contribution in [-0.2, 0) is 33.6 Å². The number of amides is 4. The molecule has 0 unspecified atom stereocenters. The number of aldehydes is 3. The van der Waals surface area contributed by atoms with Crippen LogP contribution in [0.4, 0.5) is 0 Å². The SMILES string of the molecule is CCC(=O)N[C@H](C=O)CCC(=O)NC[C@H](N)C(=O)N[C@@H](CC=O)C(=O)NCC=O. The third kappa shape index (κ3) is 11.3. The highest BCUT2D eigenvalue weighted by atomic mass is 16.2. The van der Waals surface area contributed by atoms with Gasteiger partial charge in [0.25, 0.3) is 0 Å². The normalized spacial score (nSPS) is 13.2. The van der Waals surface area contributed by atoms with Crippen molar-refractivity contribution in [1.29, 1.82) is 0 Å². The Hall–Kier alpha value is -3.15. The van der Waals surface area contributed by atoms with Gasteiger partial charge in [0, 0.05) is 25.8 Å². The first-order chi connectivity index (χ1) is 13.8. The van der Waals surface area contributed by atoms with Crippen LogP contribution in [0.15, 0.2) is 0 Å². The fourth-order valence-electron chi connectivity index (χ4n) is 2.05. The van der Waals surface area contributed by atoms with Gasteiger partial charge in [-0.25, -0.2) is 0 Å². The van der Waals surface area contributed by atoms with Crippen LogP contribution < -0.4 is 27.0 Å². The average molecular weight is 413 g/mol. The van der Waals surface area contributed by atoms with Gasteiger partial charge < -0.3 is 41.4 Å². The molecule has 6 N–H and O–H groups in total. The summed E-state index contributed by atoms with van der Waals surface area (Å²) in [6, 6.07) is -3.19. The van der Waals surface area contributed by atoms with Crippen molar-refractivity contribution in [2.24, 2.45) is 5.73 Å². The number of nitrogens with two attached hydrogens (primary N) is 1. The summed E-state index contributed by atoms with van der Waals surface area (Å²) in [6.45, 7) is 1.11. The van der Waals surface area contributed by atoms with Crippen LogP contribution in [0, 0.1) is 0 Å². The first-order valence-electron chi connectivity index (χ1n) is 9.01. The summed E-state index contributed by atoms with van der Waals surface area (Å²) in [5.74, 6) is -2.30. The molecule has 29 heavy (non-hydrogen) atoms. The van der Waals surface area contributed by atoms with Crippen molar-refractivity contribution in [3.05, 3.63) is 0 Å². The number of hydrogen-bond acceptors (Lipinski definition) is 8. The van der Waals surface area contributed by atoms with Gasteiger partial charge in [0.1, 0.15) is 30.9 Å². The maximum Gasteiger partial charge on any atom is 0.243 e. The lowest BCUT2D eigenvalue weighted by atomic mass is 10.1. The van der Waals surface area contributed by atoms with Crippen molar-refractivity contribution in [1.82, 2.24) is 21.3 Å². The molecule has 0 aliphatic rings. The molecule has 0 radical (unpaired) electrons. The highest BCUT2D eigenvalue weighted by Crippen LogP contribution is 1.97. The number of rotatable bonds is 15. The molecule has 0 aromatic rings. The average Bonchev–Trinajstić information content (AvgIpc) is 2.72. The first-order valence-corrected chi connectivity index (χ1v) is 9.01. The van der Waals surface area contributed by atoms with Gasteiger partial charge in [0.2, 0.25) is 23.6 Å². The molecule has 0 aliphatic heterocycles. The summed E-state index contributed by atoms with van der Waals surface area (Å²) in [6.07, 6.45) is 1.31. The molecule has 0 heterocycles. The second-order valence-corrected chi connectivity index (χ2v) is 5.99. The zero-order valence-corrected chi connectivity index (χ0v) is 16.1. The molecule has 0 bridgehead atoms. The molecule has 3 atom stereocenters. The minimum Gasteiger partial charge on any atom is -0.354 e. The van der Waals surface area contributed by atoms with Crippen molar-refractivity contribution in [2.75, 3.05) is 13.1 Å². The van der Waals surface area contributed by atoms with Crippen molar-refractivity contribution < 1.29 is 33.6 Å². The second-order valence-electron chi connectivity index (χ2n) is 5.99. The Morgan fingerprint density at radius 2 is 1.62 bits per heavy atom. The van der Waals surface area contributed by atoms with Crippen molar-refractivity contribution in [3.8, 4) is 0 Å². The van der Waals surface area contributed by atoms with Crippen LogP contribution in [0.25, 0.3) is 0 Å². The quantitative estimate of drug-likeness (QED) is 0.172. The zero-order valence-electron chi connectivity index (χ0n) is 16.1. The van der Waals surface area contributed by atoms with E-state index in [2.05, 4.69) is 21.3 Å². The van der Waals surface area contributed by atoms with E-state index in [0.29, 0.717) is 18.9 Å². The fourth-order valence-corrected chi connectivity index (χ4v) is 2.05. The molecule has 162 valence electrons. The highest BCUT2D eigenvalue weighted by Gasteiger charge is 2.23. The molecule has 0 spiro atoms. The van der Waals surface area contributed by atoms with E-state index in [0.717, 1.165) is 0 Å². The Bertz CT molecular complexity index is 611. The standard InChI is InChI=1S/C17H27N5O7/c1-2-14(26)21-11(10-25)3-4-15(27)20-9-12(18)16(28)22-13(5-7-23)17(29)19-6-8-24/h7-8,10-13H,2-6,9,18H2,1H3,(H,19,29)(H,20,27)(H,21,26)(H,22,28)/t11-,12-,13-/m0/s1. The molecule has 0 fully saturated rings. The van der Waals surface area contributed by atoms with E-state index >= 15 is 0 Å². The van der Waals surface area contributed by atoms with Crippen LogP contribution in [0.1, 0.15) is 32.6 Å². The lowest BCUT2D eigenvalue weighted by Gasteiger charge is -2.19. The summed E-state index contributed by atoms with van der Waals surface area (Å²) in [4.78, 5) is 78.7. The topological polar surface area (TPSA) is 194 Å². The predicted molar refractivity (Wildman–Crippen MR) is 100 cm³/mol. The number of carbonyl (C=O) groups is 7. The number of carbonyl (C=O) groups excluding carboxylic acids is 7. The molecule has 0 saturated heterocycles. The minimum atomic E-state index is -1.20. The first kappa shape index (κ1) is 25.9. The van der Waals surface area contributed by atoms with Crippen LogP contribution in [0.3, 0.4) is 0 Å². The molecular weight excluding hydrogens is 386 g/mol. The van der Waals surface area contributed by atoms with Gasteiger partial charge in [-0.05, 0) is 6.42 Å². The van der Waals surface area contributed by atoms with Gasteiger partial charge >= 0.3 is 0 Å². The molecule has 0 aliphatic carbocycles. The van der Waals surface area contributed by atoms with E-state index in [1.807, 2.05) is 0 Å². The summed E-state index contributed by atoms with van der Waals surface area (Å²) in [7, 11) is 0. The molecule has 0 aromatic carbocycles. The largest absolute Gasteiger partial charge is 0.354 e. The third-order valence-electron chi connectivity index (χ3n) is 3.69. The van der Waals surface area contributed by atoms with Crippen LogP contribution in [-0.4, -0.2) is 73.7 Å². The van der Waals surface area contributed by atoms with E-state index in [-0.39, 0.29) is 44.7 Å². The van der Waals surface area contributed by atoms with Gasteiger partial charge in [0.05, 0.1) is 12.6 Å². The predicted octanol–water partition coefficient (Wildman–Crippen LogP) is -3.31. The van der Waals surface area contributed by atoms with Crippen LogP contribution in [0.5, 0.6) is 0 Å². The Morgan fingerprint density at radius 1 is 0.931 bits per heavy atom. The summed E-state index contributed by atoms with van der Waals surface area (Å²) in [5, 5.41) is 9.34. The Balaban J connectivity index is 4.44. The monoisotopic (exact) mass is 413 g/mol. The minimum absolute atomic E-state index is 0.0798. The fraction of sp³-hybridized carbons (Fsp3) is 0.588. The van der Waals surface area contributed by atoms with Gasteiger partial charge in [-0.15, -0.1) is 0 Å². The van der Waals surface area contributed by atoms with E-state index in [1.165, 1.54) is 0 Å². The Labute approximate surface area is 167 Å². The summed E-state index contributed by atoms with van der Waals surface area (Å²) < 4.78 is 0. The molecule has 0 aromatic heterocycles. The van der Waals surface area contributed by atoms with Gasteiger partial charge in [-0.1, -0.05) is 6.92 Å². The molecule has 4 amide bonds. The molecule has 12 nitrogen and oxygen atoms in total. The van der Waals surface area contributed by atoms with Gasteiger partial charge in [-0.3, -0.25) is 19.2 Å². The summed E-state index contributed by atoms with van der Waals surface area (Å²) >= 11 is 0. The summed E-state index contributed by atoms with van der Waals surface area (Å²) in [5.41, 5.74) is 5.66. The molecular formula is C17H27N5O7. The maximum absolute atomic E-state index is 12.0. The number of nitrogens with one attached hydrogen (secondary N) is 4. The molecule has 0 saturated carbocycles. The van der Waals surface area contributed by atoms with E-state index in [1.54, 1.807) is 6.92 Å². The van der Waals surface area contributed by atoms with E-state index in [9.17, 15) is 33.6 Å². The molecule has 12 heteroatoms. The second kappa shape index (κ2) is 14.9. The Morgan fingerprint density at radius 3 is 2.17 bits per heavy atom. The van der Waals surface area contributed by atoms with Gasteiger partial charge in [-0.2, -0.15) is 0 Å². The molecule has 0 rings (SSSR count). The zero-order chi connectivity index (χ0) is 22.2. The third-order valence-corrected chi connectivity index (χ3v) is 3.69. The number of hydrogen-bond donors (Lipinski definition) is 5. The van der Waals surface area contributed by atoms with E-state index in [4.69, 9.17) is 5.73 Å². The van der Waals surface area contributed by atoms with Gasteiger partial charge in [0.15, 0.2) is 0 Å². The smallest absolute Gasteiger partial charge is 0.243 e.